The lowest BCUT2D eigenvalue weighted by atomic mass is 9.78. The van der Waals surface area contributed by atoms with E-state index in [1.54, 1.807) is 18.2 Å². The molecule has 2 aliphatic rings. The Morgan fingerprint density at radius 1 is 1.25 bits per heavy atom. The number of halogens is 1. The first-order chi connectivity index (χ1) is 9.69. The molecule has 2 heterocycles. The van der Waals surface area contributed by atoms with E-state index in [9.17, 15) is 9.18 Å². The summed E-state index contributed by atoms with van der Waals surface area (Å²) in [5, 5.41) is 6.03. The molecule has 2 fully saturated rings. The summed E-state index contributed by atoms with van der Waals surface area (Å²) in [7, 11) is 0. The van der Waals surface area contributed by atoms with Crippen molar-refractivity contribution in [1.82, 2.24) is 10.2 Å². The quantitative estimate of drug-likeness (QED) is 0.828. The number of anilines is 1. The number of para-hydroxylation sites is 1. The average molecular weight is 277 g/mol. The first kappa shape index (κ1) is 13.4. The van der Waals surface area contributed by atoms with Crippen molar-refractivity contribution in [2.24, 2.45) is 5.41 Å². The van der Waals surface area contributed by atoms with Crippen molar-refractivity contribution < 1.29 is 9.18 Å². The second-order valence-electron chi connectivity index (χ2n) is 5.83. The highest BCUT2D eigenvalue weighted by molar-refractivity contribution is 5.89. The van der Waals surface area contributed by atoms with Crippen LogP contribution in [0.2, 0.25) is 0 Å². The number of urea groups is 1. The minimum Gasteiger partial charge on any atom is -0.324 e. The third-order valence-corrected chi connectivity index (χ3v) is 4.51. The molecule has 1 spiro atoms. The number of carbonyl (C=O) groups is 1. The molecule has 108 valence electrons. The van der Waals surface area contributed by atoms with Crippen LogP contribution in [0, 0.1) is 11.2 Å². The zero-order valence-electron chi connectivity index (χ0n) is 11.5. The van der Waals surface area contributed by atoms with Gasteiger partial charge >= 0.3 is 6.03 Å². The highest BCUT2D eigenvalue weighted by Crippen LogP contribution is 2.38. The lowest BCUT2D eigenvalue weighted by Gasteiger charge is -2.33. The van der Waals surface area contributed by atoms with Crippen LogP contribution < -0.4 is 10.6 Å². The molecule has 0 atom stereocenters. The zero-order chi connectivity index (χ0) is 14.0. The molecule has 2 amide bonds. The van der Waals surface area contributed by atoms with Gasteiger partial charge in [0.25, 0.3) is 0 Å². The Morgan fingerprint density at radius 2 is 2.00 bits per heavy atom. The lowest BCUT2D eigenvalue weighted by molar-refractivity contribution is 0.191. The van der Waals surface area contributed by atoms with Crippen LogP contribution in [0.5, 0.6) is 0 Å². The Hall–Kier alpha value is -1.62. The molecule has 0 radical (unpaired) electrons. The maximum Gasteiger partial charge on any atom is 0.321 e. The lowest BCUT2D eigenvalue weighted by Crippen LogP contribution is -2.40. The molecule has 2 N–H and O–H groups in total. The van der Waals surface area contributed by atoms with E-state index in [0.717, 1.165) is 45.4 Å². The fourth-order valence-corrected chi connectivity index (χ4v) is 3.23. The van der Waals surface area contributed by atoms with Gasteiger partial charge in [-0.3, -0.25) is 0 Å². The molecule has 1 aromatic carbocycles. The number of carbonyl (C=O) groups excluding carboxylic acids is 1. The normalized spacial score (nSPS) is 21.1. The Labute approximate surface area is 118 Å². The molecule has 0 aliphatic carbocycles. The number of nitrogens with one attached hydrogen (secondary N) is 2. The molecule has 5 heteroatoms. The second kappa shape index (κ2) is 5.40. The van der Waals surface area contributed by atoms with Gasteiger partial charge in [0.05, 0.1) is 5.69 Å². The van der Waals surface area contributed by atoms with Gasteiger partial charge in [-0.05, 0) is 49.9 Å². The summed E-state index contributed by atoms with van der Waals surface area (Å²) in [6, 6.07) is 6.09. The fraction of sp³-hybridized carbons (Fsp3) is 0.533. The summed E-state index contributed by atoms with van der Waals surface area (Å²) in [5.74, 6) is -0.392. The van der Waals surface area contributed by atoms with E-state index in [1.165, 1.54) is 6.07 Å². The Kier molecular flexibility index (Phi) is 3.61. The topological polar surface area (TPSA) is 44.4 Å². The van der Waals surface area contributed by atoms with Crippen molar-refractivity contribution in [2.45, 2.75) is 19.3 Å². The third kappa shape index (κ3) is 2.63. The fourth-order valence-electron chi connectivity index (χ4n) is 3.23. The summed E-state index contributed by atoms with van der Waals surface area (Å²) >= 11 is 0. The predicted octanol–water partition coefficient (Wildman–Crippen LogP) is 2.43. The molecular formula is C15H20FN3O. The minimum atomic E-state index is -0.392. The van der Waals surface area contributed by atoms with Gasteiger partial charge in [0.2, 0.25) is 0 Å². The van der Waals surface area contributed by atoms with Gasteiger partial charge in [0.15, 0.2) is 0 Å². The molecule has 0 unspecified atom stereocenters. The molecule has 2 saturated heterocycles. The van der Waals surface area contributed by atoms with Crippen molar-refractivity contribution in [3.8, 4) is 0 Å². The molecule has 2 aliphatic heterocycles. The number of nitrogens with zero attached hydrogens (tertiary/aromatic N) is 1. The maximum atomic E-state index is 13.5. The zero-order valence-corrected chi connectivity index (χ0v) is 11.5. The van der Waals surface area contributed by atoms with Crippen LogP contribution in [0.25, 0.3) is 0 Å². The number of benzene rings is 1. The van der Waals surface area contributed by atoms with Crippen molar-refractivity contribution >= 4 is 11.7 Å². The van der Waals surface area contributed by atoms with Crippen LogP contribution in [0.4, 0.5) is 14.9 Å². The van der Waals surface area contributed by atoms with Crippen molar-refractivity contribution in [3.63, 3.8) is 0 Å². The maximum absolute atomic E-state index is 13.5. The van der Waals surface area contributed by atoms with E-state index in [4.69, 9.17) is 0 Å². The van der Waals surface area contributed by atoms with Crippen molar-refractivity contribution in [3.05, 3.63) is 30.1 Å². The van der Waals surface area contributed by atoms with E-state index in [1.807, 2.05) is 4.90 Å². The molecular weight excluding hydrogens is 257 g/mol. The summed E-state index contributed by atoms with van der Waals surface area (Å²) in [5.41, 5.74) is 0.529. The van der Waals surface area contributed by atoms with Crippen LogP contribution in [-0.4, -0.2) is 37.1 Å². The number of likely N-dealkylation sites (tertiary alicyclic amines) is 1. The molecule has 0 bridgehead atoms. The summed E-state index contributed by atoms with van der Waals surface area (Å²) < 4.78 is 13.5. The van der Waals surface area contributed by atoms with Crippen LogP contribution >= 0.6 is 0 Å². The van der Waals surface area contributed by atoms with Gasteiger partial charge in [-0.15, -0.1) is 0 Å². The largest absolute Gasteiger partial charge is 0.324 e. The molecule has 0 aromatic heterocycles. The second-order valence-corrected chi connectivity index (χ2v) is 5.83. The van der Waals surface area contributed by atoms with Gasteiger partial charge in [-0.2, -0.15) is 0 Å². The first-order valence-corrected chi connectivity index (χ1v) is 7.20. The number of amides is 2. The third-order valence-electron chi connectivity index (χ3n) is 4.51. The van der Waals surface area contributed by atoms with Gasteiger partial charge < -0.3 is 15.5 Å². The van der Waals surface area contributed by atoms with E-state index >= 15 is 0 Å². The molecule has 3 rings (SSSR count). The first-order valence-electron chi connectivity index (χ1n) is 7.20. The molecule has 4 nitrogen and oxygen atoms in total. The van der Waals surface area contributed by atoms with E-state index < -0.39 is 5.82 Å². The number of piperidine rings is 1. The van der Waals surface area contributed by atoms with Crippen molar-refractivity contribution in [1.29, 1.82) is 0 Å². The monoisotopic (exact) mass is 277 g/mol. The molecule has 1 aromatic rings. The van der Waals surface area contributed by atoms with E-state index in [2.05, 4.69) is 10.6 Å². The molecule has 20 heavy (non-hydrogen) atoms. The number of hydrogen-bond acceptors (Lipinski definition) is 2. The number of hydrogen-bond donors (Lipinski definition) is 2. The summed E-state index contributed by atoms with van der Waals surface area (Å²) in [4.78, 5) is 14.0. The van der Waals surface area contributed by atoms with Crippen molar-refractivity contribution in [2.75, 3.05) is 31.5 Å². The minimum absolute atomic E-state index is 0.189. The number of rotatable bonds is 1. The Balaban J connectivity index is 1.63. The van der Waals surface area contributed by atoms with E-state index in [0.29, 0.717) is 0 Å². The van der Waals surface area contributed by atoms with Gasteiger partial charge in [0, 0.05) is 13.1 Å². The highest BCUT2D eigenvalue weighted by atomic mass is 19.1. The summed E-state index contributed by atoms with van der Waals surface area (Å²) in [6.45, 7) is 3.61. The van der Waals surface area contributed by atoms with Gasteiger partial charge in [-0.25, -0.2) is 9.18 Å². The summed E-state index contributed by atoms with van der Waals surface area (Å²) in [6.07, 6.45) is 3.30. The van der Waals surface area contributed by atoms with Gasteiger partial charge in [0.1, 0.15) is 5.82 Å². The Morgan fingerprint density at radius 3 is 2.75 bits per heavy atom. The smallest absolute Gasteiger partial charge is 0.321 e. The Bertz CT molecular complexity index is 500. The SMILES string of the molecule is O=C(Nc1ccccc1F)N1CCC2(CCNCC2)C1. The predicted molar refractivity (Wildman–Crippen MR) is 76.1 cm³/mol. The standard InChI is InChI=1S/C15H20FN3O/c16-12-3-1-2-4-13(12)18-14(20)19-10-7-15(11-19)5-8-17-9-6-15/h1-4,17H,5-11H2,(H,18,20). The van der Waals surface area contributed by atoms with Crippen LogP contribution in [-0.2, 0) is 0 Å². The highest BCUT2D eigenvalue weighted by Gasteiger charge is 2.40. The van der Waals surface area contributed by atoms with Crippen LogP contribution in [0.1, 0.15) is 19.3 Å². The molecule has 0 saturated carbocycles. The average Bonchev–Trinajstić information content (AvgIpc) is 2.86. The van der Waals surface area contributed by atoms with E-state index in [-0.39, 0.29) is 17.1 Å². The van der Waals surface area contributed by atoms with Crippen LogP contribution in [0.3, 0.4) is 0 Å². The van der Waals surface area contributed by atoms with Crippen LogP contribution in [0.15, 0.2) is 24.3 Å². The van der Waals surface area contributed by atoms with Gasteiger partial charge in [-0.1, -0.05) is 12.1 Å².